The molecule has 8 nitrogen and oxygen atoms in total. The van der Waals surface area contributed by atoms with Gasteiger partial charge in [0.05, 0.1) is 6.10 Å². The van der Waals surface area contributed by atoms with Crippen molar-refractivity contribution in [3.05, 3.63) is 0 Å². The largest absolute Gasteiger partial charge is 0.480 e. The summed E-state index contributed by atoms with van der Waals surface area (Å²) in [5.74, 6) is -1.13. The molecule has 0 aromatic rings. The first kappa shape index (κ1) is 14.6. The molecule has 8 heteroatoms. The van der Waals surface area contributed by atoms with Gasteiger partial charge in [0.1, 0.15) is 6.04 Å². The molecule has 2 aliphatic heterocycles. The van der Waals surface area contributed by atoms with Crippen molar-refractivity contribution in [2.75, 3.05) is 32.7 Å². The summed E-state index contributed by atoms with van der Waals surface area (Å²) in [6, 6.07) is -1.35. The SMILES string of the molecule is CC(=O)N1CCN(C(=O)N2CC(O)CC2C(=O)O)CC1. The van der Waals surface area contributed by atoms with Gasteiger partial charge in [-0.2, -0.15) is 0 Å². The smallest absolute Gasteiger partial charge is 0.326 e. The quantitative estimate of drug-likeness (QED) is 0.629. The number of amides is 3. The Balaban J connectivity index is 1.98. The van der Waals surface area contributed by atoms with Crippen LogP contribution in [0.1, 0.15) is 13.3 Å². The molecule has 2 N–H and O–H groups in total. The number of carbonyl (C=O) groups excluding carboxylic acids is 2. The van der Waals surface area contributed by atoms with Crippen molar-refractivity contribution < 1.29 is 24.6 Å². The molecule has 0 aliphatic carbocycles. The monoisotopic (exact) mass is 285 g/mol. The van der Waals surface area contributed by atoms with Gasteiger partial charge in [-0.05, 0) is 0 Å². The summed E-state index contributed by atoms with van der Waals surface area (Å²) < 4.78 is 0. The minimum Gasteiger partial charge on any atom is -0.480 e. The maximum Gasteiger partial charge on any atom is 0.326 e. The molecule has 0 radical (unpaired) electrons. The van der Waals surface area contributed by atoms with E-state index in [-0.39, 0.29) is 24.9 Å². The highest BCUT2D eigenvalue weighted by atomic mass is 16.4. The Bertz CT molecular complexity index is 419. The lowest BCUT2D eigenvalue weighted by Gasteiger charge is -2.37. The summed E-state index contributed by atoms with van der Waals surface area (Å²) in [5.41, 5.74) is 0. The van der Waals surface area contributed by atoms with Crippen LogP contribution in [0.3, 0.4) is 0 Å². The number of likely N-dealkylation sites (tertiary alicyclic amines) is 1. The van der Waals surface area contributed by atoms with Gasteiger partial charge in [0, 0.05) is 46.1 Å². The van der Waals surface area contributed by atoms with Crippen LogP contribution in [0.4, 0.5) is 4.79 Å². The highest BCUT2D eigenvalue weighted by molar-refractivity contribution is 5.83. The van der Waals surface area contributed by atoms with Crippen molar-refractivity contribution in [3.63, 3.8) is 0 Å². The van der Waals surface area contributed by atoms with Gasteiger partial charge in [-0.3, -0.25) is 4.79 Å². The summed E-state index contributed by atoms with van der Waals surface area (Å²) in [5, 5.41) is 18.6. The number of hydrogen-bond donors (Lipinski definition) is 2. The lowest BCUT2D eigenvalue weighted by molar-refractivity contribution is -0.141. The number of aliphatic carboxylic acids is 1. The number of urea groups is 1. The van der Waals surface area contributed by atoms with Gasteiger partial charge in [-0.15, -0.1) is 0 Å². The van der Waals surface area contributed by atoms with Crippen LogP contribution in [-0.2, 0) is 9.59 Å². The van der Waals surface area contributed by atoms with Crippen LogP contribution in [-0.4, -0.2) is 87.7 Å². The standard InChI is InChI=1S/C12H19N3O5/c1-8(16)13-2-4-14(5-3-13)12(20)15-7-9(17)6-10(15)11(18)19/h9-10,17H,2-7H2,1H3,(H,18,19). The van der Waals surface area contributed by atoms with Gasteiger partial charge < -0.3 is 24.9 Å². The fourth-order valence-corrected chi connectivity index (χ4v) is 2.65. The number of aliphatic hydroxyl groups is 1. The lowest BCUT2D eigenvalue weighted by atomic mass is 10.2. The molecule has 112 valence electrons. The molecule has 20 heavy (non-hydrogen) atoms. The minimum absolute atomic E-state index is 0.0305. The normalized spacial score (nSPS) is 26.8. The molecule has 2 fully saturated rings. The van der Waals surface area contributed by atoms with Crippen LogP contribution in [0.5, 0.6) is 0 Å². The maximum absolute atomic E-state index is 12.3. The number of aliphatic hydroxyl groups excluding tert-OH is 1. The van der Waals surface area contributed by atoms with Crippen LogP contribution in [0.25, 0.3) is 0 Å². The molecule has 2 heterocycles. The molecule has 0 aromatic carbocycles. The summed E-state index contributed by atoms with van der Waals surface area (Å²) in [6.07, 6.45) is -0.729. The second-order valence-electron chi connectivity index (χ2n) is 5.17. The Morgan fingerprint density at radius 2 is 1.60 bits per heavy atom. The molecular weight excluding hydrogens is 266 g/mol. The third-order valence-electron chi connectivity index (χ3n) is 3.81. The zero-order valence-corrected chi connectivity index (χ0v) is 11.4. The van der Waals surface area contributed by atoms with Gasteiger partial charge in [0.25, 0.3) is 0 Å². The molecule has 0 aromatic heterocycles. The maximum atomic E-state index is 12.3. The van der Waals surface area contributed by atoms with Crippen LogP contribution in [0.2, 0.25) is 0 Å². The predicted molar refractivity (Wildman–Crippen MR) is 68.0 cm³/mol. The first-order valence-electron chi connectivity index (χ1n) is 6.62. The summed E-state index contributed by atoms with van der Waals surface area (Å²) in [7, 11) is 0. The molecule has 3 amide bonds. The number of piperazine rings is 1. The summed E-state index contributed by atoms with van der Waals surface area (Å²) in [6.45, 7) is 3.20. The number of hydrogen-bond acceptors (Lipinski definition) is 4. The van der Waals surface area contributed by atoms with E-state index < -0.39 is 18.1 Å². The van der Waals surface area contributed by atoms with E-state index in [0.717, 1.165) is 0 Å². The average Bonchev–Trinajstić information content (AvgIpc) is 2.80. The van der Waals surface area contributed by atoms with Crippen molar-refractivity contribution in [2.45, 2.75) is 25.5 Å². The molecule has 2 atom stereocenters. The van der Waals surface area contributed by atoms with E-state index in [1.54, 1.807) is 4.90 Å². The van der Waals surface area contributed by atoms with Crippen molar-refractivity contribution in [2.24, 2.45) is 0 Å². The van der Waals surface area contributed by atoms with Gasteiger partial charge in [0.15, 0.2) is 0 Å². The second-order valence-corrected chi connectivity index (χ2v) is 5.17. The third-order valence-corrected chi connectivity index (χ3v) is 3.81. The molecule has 2 aliphatic rings. The highest BCUT2D eigenvalue weighted by Gasteiger charge is 2.41. The Hall–Kier alpha value is -1.83. The fraction of sp³-hybridized carbons (Fsp3) is 0.750. The second kappa shape index (κ2) is 5.66. The van der Waals surface area contributed by atoms with Crippen molar-refractivity contribution in [1.82, 2.24) is 14.7 Å². The predicted octanol–water partition coefficient (Wildman–Crippen LogP) is -1.21. The summed E-state index contributed by atoms with van der Waals surface area (Å²) >= 11 is 0. The Morgan fingerprint density at radius 3 is 2.10 bits per heavy atom. The zero-order chi connectivity index (χ0) is 14.9. The zero-order valence-electron chi connectivity index (χ0n) is 11.4. The van der Waals surface area contributed by atoms with Crippen LogP contribution in [0, 0.1) is 0 Å². The van der Waals surface area contributed by atoms with Crippen LogP contribution >= 0.6 is 0 Å². The average molecular weight is 285 g/mol. The highest BCUT2D eigenvalue weighted by Crippen LogP contribution is 2.20. The number of carboxylic acid groups (broad SMARTS) is 1. The van der Waals surface area contributed by atoms with E-state index in [1.807, 2.05) is 0 Å². The van der Waals surface area contributed by atoms with Crippen LogP contribution < -0.4 is 0 Å². The molecular formula is C12H19N3O5. The third kappa shape index (κ3) is 2.84. The lowest BCUT2D eigenvalue weighted by Crippen LogP contribution is -2.55. The minimum atomic E-state index is -1.10. The van der Waals surface area contributed by atoms with Crippen molar-refractivity contribution in [1.29, 1.82) is 0 Å². The molecule has 0 spiro atoms. The number of β-amino-alcohol motifs (C(OH)–C–C–N with tert-alkyl or cyclic N) is 1. The van der Waals surface area contributed by atoms with Crippen molar-refractivity contribution >= 4 is 17.9 Å². The number of rotatable bonds is 1. The summed E-state index contributed by atoms with van der Waals surface area (Å²) in [4.78, 5) is 39.0. The Morgan fingerprint density at radius 1 is 1.05 bits per heavy atom. The van der Waals surface area contributed by atoms with E-state index in [9.17, 15) is 19.5 Å². The Kier molecular flexibility index (Phi) is 4.12. The van der Waals surface area contributed by atoms with Crippen LogP contribution in [0.15, 0.2) is 0 Å². The molecule has 2 saturated heterocycles. The molecule has 2 unspecified atom stereocenters. The van der Waals surface area contributed by atoms with Gasteiger partial charge >= 0.3 is 12.0 Å². The molecule has 2 rings (SSSR count). The van der Waals surface area contributed by atoms with Gasteiger partial charge in [-0.1, -0.05) is 0 Å². The van der Waals surface area contributed by atoms with E-state index in [0.29, 0.717) is 26.2 Å². The van der Waals surface area contributed by atoms with E-state index >= 15 is 0 Å². The first-order valence-corrected chi connectivity index (χ1v) is 6.62. The number of nitrogens with zero attached hydrogens (tertiary/aromatic N) is 3. The number of carboxylic acids is 1. The Labute approximate surface area is 116 Å². The topological polar surface area (TPSA) is 101 Å². The van der Waals surface area contributed by atoms with Crippen molar-refractivity contribution in [3.8, 4) is 0 Å². The van der Waals surface area contributed by atoms with E-state index in [4.69, 9.17) is 5.11 Å². The van der Waals surface area contributed by atoms with E-state index in [1.165, 1.54) is 16.7 Å². The molecule has 0 saturated carbocycles. The molecule has 0 bridgehead atoms. The number of carbonyl (C=O) groups is 3. The van der Waals surface area contributed by atoms with Gasteiger partial charge in [0.2, 0.25) is 5.91 Å². The van der Waals surface area contributed by atoms with Gasteiger partial charge in [-0.25, -0.2) is 9.59 Å². The first-order chi connectivity index (χ1) is 9.40. The fourth-order valence-electron chi connectivity index (χ4n) is 2.65. The van der Waals surface area contributed by atoms with E-state index in [2.05, 4.69) is 0 Å².